The van der Waals surface area contributed by atoms with Gasteiger partial charge in [0.05, 0.1) is 0 Å². The second-order valence-corrected chi connectivity index (χ2v) is 8.77. The second-order valence-electron chi connectivity index (χ2n) is 7.49. The Kier molecular flexibility index (Phi) is 21.8. The Hall–Kier alpha value is -0.270. The molecule has 4 nitrogen and oxygen atoms in total. The Labute approximate surface area is 180 Å². The van der Waals surface area contributed by atoms with Crippen molar-refractivity contribution in [3.8, 4) is 0 Å². The van der Waals surface area contributed by atoms with Gasteiger partial charge in [-0.3, -0.25) is 4.79 Å². The molecule has 160 valence electrons. The first-order valence-corrected chi connectivity index (χ1v) is 13.0. The standard InChI is InChI=1S/C22H42O4Te/c23-21(24)17-13-11-9-7-5-3-1-2-4-6-8-10-12-14-18-22(25)26-19-15-16-20-27/h27H,1-20H2,(H,23,24). The van der Waals surface area contributed by atoms with Crippen molar-refractivity contribution in [1.82, 2.24) is 0 Å². The van der Waals surface area contributed by atoms with Crippen LogP contribution in [-0.4, -0.2) is 45.9 Å². The molecule has 0 aliphatic rings. The number of aliphatic carboxylic acids is 1. The van der Waals surface area contributed by atoms with Gasteiger partial charge in [0.15, 0.2) is 0 Å². The van der Waals surface area contributed by atoms with E-state index in [1.54, 1.807) is 0 Å². The first-order valence-electron chi connectivity index (χ1n) is 11.1. The van der Waals surface area contributed by atoms with E-state index in [1.165, 1.54) is 68.7 Å². The van der Waals surface area contributed by atoms with Crippen LogP contribution in [-0.2, 0) is 14.3 Å². The SMILES string of the molecule is O=C(O)CCCCCCCCCCCCCCCCC(=O)OCCCC[TeH]. The molecule has 0 rings (SSSR count). The molecular formula is C22H42O4Te. The van der Waals surface area contributed by atoms with Gasteiger partial charge in [0.2, 0.25) is 0 Å². The van der Waals surface area contributed by atoms with E-state index in [2.05, 4.69) is 0 Å². The summed E-state index contributed by atoms with van der Waals surface area (Å²) in [6.45, 7) is 0.603. The number of hydrogen-bond acceptors (Lipinski definition) is 3. The van der Waals surface area contributed by atoms with Gasteiger partial charge in [-0.15, -0.1) is 0 Å². The molecule has 27 heavy (non-hydrogen) atoms. The van der Waals surface area contributed by atoms with E-state index in [0.29, 0.717) is 19.4 Å². The van der Waals surface area contributed by atoms with Crippen LogP contribution in [0.3, 0.4) is 0 Å². The molecule has 0 aromatic heterocycles. The average molecular weight is 498 g/mol. The van der Waals surface area contributed by atoms with Gasteiger partial charge in [-0.25, -0.2) is 0 Å². The third-order valence-electron chi connectivity index (χ3n) is 4.84. The molecule has 0 saturated carbocycles. The van der Waals surface area contributed by atoms with E-state index in [4.69, 9.17) is 9.84 Å². The van der Waals surface area contributed by atoms with Gasteiger partial charge in [0.1, 0.15) is 0 Å². The van der Waals surface area contributed by atoms with Crippen LogP contribution in [0.4, 0.5) is 0 Å². The monoisotopic (exact) mass is 500 g/mol. The summed E-state index contributed by atoms with van der Waals surface area (Å²) < 4.78 is 6.43. The van der Waals surface area contributed by atoms with E-state index in [9.17, 15) is 9.59 Å². The third kappa shape index (κ3) is 23.7. The summed E-state index contributed by atoms with van der Waals surface area (Å²) in [4.78, 5) is 21.9. The molecular weight excluding hydrogens is 456 g/mol. The fourth-order valence-electron chi connectivity index (χ4n) is 3.14. The van der Waals surface area contributed by atoms with Crippen LogP contribution < -0.4 is 0 Å². The first-order chi connectivity index (χ1) is 13.2. The summed E-state index contributed by atoms with van der Waals surface area (Å²) in [5, 5.41) is 8.56. The molecule has 0 spiro atoms. The van der Waals surface area contributed by atoms with Crippen LogP contribution in [0, 0.1) is 0 Å². The van der Waals surface area contributed by atoms with Crippen molar-refractivity contribution in [2.75, 3.05) is 6.61 Å². The van der Waals surface area contributed by atoms with Crippen LogP contribution in [0.1, 0.15) is 116 Å². The number of unbranched alkanes of at least 4 members (excludes halogenated alkanes) is 14. The fourth-order valence-corrected chi connectivity index (χ4v) is 3.78. The first kappa shape index (κ1) is 26.7. The number of hydrogen-bond donors (Lipinski definition) is 1. The zero-order valence-corrected chi connectivity index (χ0v) is 19.8. The predicted molar refractivity (Wildman–Crippen MR) is 114 cm³/mol. The number of carboxylic acid groups (broad SMARTS) is 1. The minimum atomic E-state index is -0.671. The molecule has 0 bridgehead atoms. The maximum atomic E-state index is 11.5. The number of ether oxygens (including phenoxy) is 1. The number of carbonyl (C=O) groups is 2. The number of rotatable bonds is 21. The Morgan fingerprint density at radius 1 is 0.593 bits per heavy atom. The van der Waals surface area contributed by atoms with Crippen molar-refractivity contribution < 1.29 is 19.4 Å². The summed E-state index contributed by atoms with van der Waals surface area (Å²) in [5.41, 5.74) is 0. The van der Waals surface area contributed by atoms with Crippen LogP contribution in [0.5, 0.6) is 0 Å². The van der Waals surface area contributed by atoms with Gasteiger partial charge in [-0.05, 0) is 6.42 Å². The van der Waals surface area contributed by atoms with Crippen molar-refractivity contribution in [3.05, 3.63) is 0 Å². The molecule has 1 N–H and O–H groups in total. The molecule has 0 unspecified atom stereocenters. The topological polar surface area (TPSA) is 63.6 Å². The van der Waals surface area contributed by atoms with Gasteiger partial charge >= 0.3 is 106 Å². The average Bonchev–Trinajstić information content (AvgIpc) is 2.64. The van der Waals surface area contributed by atoms with Crippen molar-refractivity contribution in [1.29, 1.82) is 0 Å². The molecule has 0 aliphatic carbocycles. The zero-order valence-electron chi connectivity index (χ0n) is 17.3. The summed E-state index contributed by atoms with van der Waals surface area (Å²) in [6.07, 6.45) is 20.0. The maximum absolute atomic E-state index is 11.5. The van der Waals surface area contributed by atoms with Gasteiger partial charge in [-0.2, -0.15) is 0 Å². The molecule has 0 saturated heterocycles. The fraction of sp³-hybridized carbons (Fsp3) is 0.909. The van der Waals surface area contributed by atoms with Crippen LogP contribution in [0.15, 0.2) is 0 Å². The van der Waals surface area contributed by atoms with E-state index in [-0.39, 0.29) is 5.97 Å². The van der Waals surface area contributed by atoms with Crippen molar-refractivity contribution >= 4 is 34.2 Å². The third-order valence-corrected chi connectivity index (χ3v) is 5.74. The minimum absolute atomic E-state index is 0.0163. The van der Waals surface area contributed by atoms with Crippen molar-refractivity contribution in [2.45, 2.75) is 120 Å². The van der Waals surface area contributed by atoms with Gasteiger partial charge in [0.25, 0.3) is 0 Å². The molecule has 5 heteroatoms. The molecule has 0 aromatic carbocycles. The Balaban J connectivity index is 3.10. The van der Waals surface area contributed by atoms with E-state index in [1.807, 2.05) is 22.3 Å². The Morgan fingerprint density at radius 3 is 1.41 bits per heavy atom. The van der Waals surface area contributed by atoms with E-state index in [0.717, 1.165) is 38.5 Å². The zero-order chi connectivity index (χ0) is 20.0. The normalized spacial score (nSPS) is 10.9. The van der Waals surface area contributed by atoms with Gasteiger partial charge in [-0.1, -0.05) is 51.4 Å². The van der Waals surface area contributed by atoms with Crippen LogP contribution in [0.2, 0.25) is 4.47 Å². The van der Waals surface area contributed by atoms with Crippen LogP contribution in [0.25, 0.3) is 0 Å². The number of esters is 1. The molecule has 0 atom stereocenters. The van der Waals surface area contributed by atoms with Crippen LogP contribution >= 0.6 is 0 Å². The summed E-state index contributed by atoms with van der Waals surface area (Å²) in [6, 6.07) is 0. The molecule has 0 aromatic rings. The van der Waals surface area contributed by atoms with E-state index < -0.39 is 5.97 Å². The number of carbonyl (C=O) groups excluding carboxylic acids is 1. The molecule has 0 amide bonds. The van der Waals surface area contributed by atoms with Gasteiger partial charge < -0.3 is 5.11 Å². The predicted octanol–water partition coefficient (Wildman–Crippen LogP) is 5.96. The van der Waals surface area contributed by atoms with Crippen molar-refractivity contribution in [2.24, 2.45) is 0 Å². The molecule has 0 heterocycles. The summed E-state index contributed by atoms with van der Waals surface area (Å²) in [7, 11) is 0. The quantitative estimate of drug-likeness (QED) is 0.121. The Bertz CT molecular complexity index is 347. The number of carboxylic acids is 1. The van der Waals surface area contributed by atoms with E-state index >= 15 is 0 Å². The summed E-state index contributed by atoms with van der Waals surface area (Å²) in [5.74, 6) is -0.687. The molecule has 0 aliphatic heterocycles. The summed E-state index contributed by atoms with van der Waals surface area (Å²) >= 11 is 1.83. The van der Waals surface area contributed by atoms with Crippen molar-refractivity contribution in [3.63, 3.8) is 0 Å². The molecule has 0 fully saturated rings. The van der Waals surface area contributed by atoms with Gasteiger partial charge in [0, 0.05) is 6.42 Å². The Morgan fingerprint density at radius 2 is 1.00 bits per heavy atom. The molecule has 0 radical (unpaired) electrons. The second kappa shape index (κ2) is 22.0.